The SMILES string of the molecule is O=C(O)COc1ccncc1Cc1ccc(Br)c2ccccc12. The number of aromatic nitrogens is 1. The van der Waals surface area contributed by atoms with E-state index in [9.17, 15) is 4.79 Å². The number of carboxylic acids is 1. The second-order valence-corrected chi connectivity index (χ2v) is 5.95. The maximum Gasteiger partial charge on any atom is 0.341 e. The van der Waals surface area contributed by atoms with Crippen LogP contribution in [0.2, 0.25) is 0 Å². The van der Waals surface area contributed by atoms with Crippen molar-refractivity contribution in [3.05, 3.63) is 70.5 Å². The van der Waals surface area contributed by atoms with E-state index in [-0.39, 0.29) is 6.61 Å². The Balaban J connectivity index is 1.97. The number of ether oxygens (including phenoxy) is 1. The van der Waals surface area contributed by atoms with E-state index in [2.05, 4.69) is 39.1 Å². The number of hydrogen-bond donors (Lipinski definition) is 1. The highest BCUT2D eigenvalue weighted by Gasteiger charge is 2.10. The third kappa shape index (κ3) is 3.51. The number of aliphatic carboxylic acids is 1. The fourth-order valence-corrected chi connectivity index (χ4v) is 2.99. The van der Waals surface area contributed by atoms with Gasteiger partial charge in [0.05, 0.1) is 0 Å². The number of hydrogen-bond acceptors (Lipinski definition) is 3. The van der Waals surface area contributed by atoms with E-state index in [1.807, 2.05) is 18.2 Å². The summed E-state index contributed by atoms with van der Waals surface area (Å²) in [4.78, 5) is 14.8. The topological polar surface area (TPSA) is 59.4 Å². The third-order valence-electron chi connectivity index (χ3n) is 3.55. The number of pyridine rings is 1. The molecule has 0 saturated heterocycles. The Morgan fingerprint density at radius 1 is 1.09 bits per heavy atom. The van der Waals surface area contributed by atoms with Crippen LogP contribution in [0.15, 0.2) is 59.3 Å². The minimum atomic E-state index is -0.998. The van der Waals surface area contributed by atoms with Crippen molar-refractivity contribution in [3.8, 4) is 5.75 Å². The van der Waals surface area contributed by atoms with Crippen LogP contribution in [0.4, 0.5) is 0 Å². The Hall–Kier alpha value is -2.40. The van der Waals surface area contributed by atoms with Crippen LogP contribution >= 0.6 is 15.9 Å². The molecule has 1 heterocycles. The lowest BCUT2D eigenvalue weighted by atomic mass is 9.99. The standard InChI is InChI=1S/C18H14BrNO3/c19-16-6-5-12(14-3-1-2-4-15(14)16)9-13-10-20-8-7-17(13)23-11-18(21)22/h1-8,10H,9,11H2,(H,21,22). The molecule has 3 rings (SSSR count). The molecule has 0 aliphatic carbocycles. The monoisotopic (exact) mass is 371 g/mol. The van der Waals surface area contributed by atoms with Gasteiger partial charge in [0.2, 0.25) is 0 Å². The van der Waals surface area contributed by atoms with Gasteiger partial charge in [-0.1, -0.05) is 46.3 Å². The molecule has 3 aromatic rings. The van der Waals surface area contributed by atoms with Crippen molar-refractivity contribution in [1.29, 1.82) is 0 Å². The second kappa shape index (κ2) is 6.79. The van der Waals surface area contributed by atoms with Crippen LogP contribution < -0.4 is 4.74 Å². The van der Waals surface area contributed by atoms with Gasteiger partial charge in [-0.2, -0.15) is 0 Å². The van der Waals surface area contributed by atoms with Crippen LogP contribution in [-0.2, 0) is 11.2 Å². The van der Waals surface area contributed by atoms with E-state index >= 15 is 0 Å². The zero-order valence-electron chi connectivity index (χ0n) is 12.2. The van der Waals surface area contributed by atoms with Crippen LogP contribution in [0, 0.1) is 0 Å². The van der Waals surface area contributed by atoms with Crippen LogP contribution in [0.1, 0.15) is 11.1 Å². The zero-order valence-corrected chi connectivity index (χ0v) is 13.8. The van der Waals surface area contributed by atoms with Crippen molar-refractivity contribution in [2.24, 2.45) is 0 Å². The van der Waals surface area contributed by atoms with Gasteiger partial charge in [-0.3, -0.25) is 4.98 Å². The predicted molar refractivity (Wildman–Crippen MR) is 91.8 cm³/mol. The summed E-state index contributed by atoms with van der Waals surface area (Å²) < 4.78 is 6.40. The van der Waals surface area contributed by atoms with Crippen molar-refractivity contribution in [1.82, 2.24) is 4.98 Å². The number of benzene rings is 2. The molecule has 0 aliphatic heterocycles. The van der Waals surface area contributed by atoms with E-state index in [0.717, 1.165) is 26.4 Å². The number of nitrogens with zero attached hydrogens (tertiary/aromatic N) is 1. The van der Waals surface area contributed by atoms with Gasteiger partial charge in [-0.25, -0.2) is 4.79 Å². The summed E-state index contributed by atoms with van der Waals surface area (Å²) in [7, 11) is 0. The molecule has 0 bridgehead atoms. The number of rotatable bonds is 5. The van der Waals surface area contributed by atoms with Crippen molar-refractivity contribution >= 4 is 32.7 Å². The molecule has 0 amide bonds. The third-order valence-corrected chi connectivity index (χ3v) is 4.24. The maximum atomic E-state index is 10.7. The summed E-state index contributed by atoms with van der Waals surface area (Å²) in [5.74, 6) is -0.448. The molecule has 0 unspecified atom stereocenters. The minimum Gasteiger partial charge on any atom is -0.481 e. The lowest BCUT2D eigenvalue weighted by molar-refractivity contribution is -0.139. The van der Waals surface area contributed by atoms with E-state index in [1.165, 1.54) is 0 Å². The van der Waals surface area contributed by atoms with Crippen LogP contribution in [0.5, 0.6) is 5.75 Å². The van der Waals surface area contributed by atoms with Gasteiger partial charge in [-0.05, 0) is 28.5 Å². The first-order valence-electron chi connectivity index (χ1n) is 7.09. The number of halogens is 1. The van der Waals surface area contributed by atoms with Crippen molar-refractivity contribution < 1.29 is 14.6 Å². The Labute approximate surface area is 141 Å². The molecule has 2 aromatic carbocycles. The predicted octanol–water partition coefficient (Wildman–Crippen LogP) is 4.05. The molecule has 5 heteroatoms. The van der Waals surface area contributed by atoms with Gasteiger partial charge >= 0.3 is 5.97 Å². The lowest BCUT2D eigenvalue weighted by Gasteiger charge is -2.12. The molecule has 0 saturated carbocycles. The van der Waals surface area contributed by atoms with E-state index in [4.69, 9.17) is 9.84 Å². The van der Waals surface area contributed by atoms with Gasteiger partial charge in [0.15, 0.2) is 6.61 Å². The quantitative estimate of drug-likeness (QED) is 0.734. The summed E-state index contributed by atoms with van der Waals surface area (Å²) in [5.41, 5.74) is 2.00. The number of carbonyl (C=O) groups is 1. The average Bonchev–Trinajstić information content (AvgIpc) is 2.57. The largest absolute Gasteiger partial charge is 0.481 e. The van der Waals surface area contributed by atoms with Gasteiger partial charge in [0.1, 0.15) is 5.75 Å². The lowest BCUT2D eigenvalue weighted by Crippen LogP contribution is -2.10. The molecule has 1 N–H and O–H groups in total. The normalized spacial score (nSPS) is 10.7. The molecular weight excluding hydrogens is 358 g/mol. The van der Waals surface area contributed by atoms with Crippen LogP contribution in [-0.4, -0.2) is 22.7 Å². The van der Waals surface area contributed by atoms with Crippen molar-refractivity contribution in [3.63, 3.8) is 0 Å². The second-order valence-electron chi connectivity index (χ2n) is 5.09. The molecule has 0 fully saturated rings. The summed E-state index contributed by atoms with van der Waals surface area (Å²) in [6.07, 6.45) is 3.94. The summed E-state index contributed by atoms with van der Waals surface area (Å²) >= 11 is 3.57. The first-order chi connectivity index (χ1) is 11.1. The highest BCUT2D eigenvalue weighted by molar-refractivity contribution is 9.10. The molecule has 1 aromatic heterocycles. The van der Waals surface area contributed by atoms with E-state index < -0.39 is 5.97 Å². The summed E-state index contributed by atoms with van der Waals surface area (Å²) in [6, 6.07) is 13.9. The van der Waals surface area contributed by atoms with Gasteiger partial charge in [0, 0.05) is 28.9 Å². The highest BCUT2D eigenvalue weighted by atomic mass is 79.9. The molecule has 23 heavy (non-hydrogen) atoms. The molecule has 0 atom stereocenters. The molecule has 0 spiro atoms. The van der Waals surface area contributed by atoms with Gasteiger partial charge in [0.25, 0.3) is 0 Å². The summed E-state index contributed by atoms with van der Waals surface area (Å²) in [5, 5.41) is 11.1. The Kier molecular flexibility index (Phi) is 4.57. The van der Waals surface area contributed by atoms with E-state index in [1.54, 1.807) is 18.5 Å². The molecular formula is C18H14BrNO3. The maximum absolute atomic E-state index is 10.7. The highest BCUT2D eigenvalue weighted by Crippen LogP contribution is 2.29. The molecule has 0 aliphatic rings. The van der Waals surface area contributed by atoms with Crippen LogP contribution in [0.25, 0.3) is 10.8 Å². The Bertz CT molecular complexity index is 864. The average molecular weight is 372 g/mol. The van der Waals surface area contributed by atoms with E-state index in [0.29, 0.717) is 12.2 Å². The fourth-order valence-electron chi connectivity index (χ4n) is 2.51. The van der Waals surface area contributed by atoms with Crippen LogP contribution in [0.3, 0.4) is 0 Å². The van der Waals surface area contributed by atoms with Gasteiger partial charge < -0.3 is 9.84 Å². The Morgan fingerprint density at radius 2 is 1.87 bits per heavy atom. The van der Waals surface area contributed by atoms with Crippen molar-refractivity contribution in [2.75, 3.05) is 6.61 Å². The van der Waals surface area contributed by atoms with Gasteiger partial charge in [-0.15, -0.1) is 0 Å². The fraction of sp³-hybridized carbons (Fsp3) is 0.111. The molecule has 0 radical (unpaired) electrons. The summed E-state index contributed by atoms with van der Waals surface area (Å²) in [6.45, 7) is -0.363. The van der Waals surface area contributed by atoms with Crippen molar-refractivity contribution in [2.45, 2.75) is 6.42 Å². The molecule has 4 nitrogen and oxygen atoms in total. The zero-order chi connectivity index (χ0) is 16.2. The molecule has 116 valence electrons. The smallest absolute Gasteiger partial charge is 0.341 e. The minimum absolute atomic E-state index is 0.363. The number of fused-ring (bicyclic) bond motifs is 1. The first kappa shape index (κ1) is 15.5. The first-order valence-corrected chi connectivity index (χ1v) is 7.88. The Morgan fingerprint density at radius 3 is 2.65 bits per heavy atom. The number of carboxylic acid groups (broad SMARTS) is 1.